The second kappa shape index (κ2) is 11.1. The standard InChI is InChI=1S/C19H20Cl2N4O5/c1-3-29-15-7-11(5-13(20)17(15)26)9-22-24-19(28)25-23-10-12-6-14(21)18(27)16(8-12)30-4-2/h5-10,26-27H,3-4H2,1-2H3,(H2,24,25,28)/b22-9+,23-10+. The van der Waals surface area contributed by atoms with Gasteiger partial charge in [-0.1, -0.05) is 23.2 Å². The molecule has 4 N–H and O–H groups in total. The fourth-order valence-corrected chi connectivity index (χ4v) is 2.66. The topological polar surface area (TPSA) is 125 Å². The number of aromatic hydroxyl groups is 2. The molecule has 11 heteroatoms. The van der Waals surface area contributed by atoms with Crippen molar-refractivity contribution in [3.8, 4) is 23.0 Å². The first-order chi connectivity index (χ1) is 14.3. The summed E-state index contributed by atoms with van der Waals surface area (Å²) >= 11 is 11.9. The lowest BCUT2D eigenvalue weighted by molar-refractivity contribution is 0.242. The van der Waals surface area contributed by atoms with E-state index in [1.165, 1.54) is 36.7 Å². The number of ether oxygens (including phenoxy) is 2. The van der Waals surface area contributed by atoms with Crippen LogP contribution in [0.1, 0.15) is 25.0 Å². The van der Waals surface area contributed by atoms with Crippen LogP contribution in [0.5, 0.6) is 23.0 Å². The molecule has 9 nitrogen and oxygen atoms in total. The summed E-state index contributed by atoms with van der Waals surface area (Å²) < 4.78 is 10.5. The van der Waals surface area contributed by atoms with Gasteiger partial charge in [0, 0.05) is 0 Å². The average Bonchev–Trinajstić information content (AvgIpc) is 2.69. The maximum Gasteiger partial charge on any atom is 0.355 e. The van der Waals surface area contributed by atoms with Crippen molar-refractivity contribution in [2.75, 3.05) is 13.2 Å². The molecule has 0 saturated heterocycles. The fourth-order valence-electron chi connectivity index (χ4n) is 2.22. The van der Waals surface area contributed by atoms with E-state index in [1.807, 2.05) is 0 Å². The number of benzene rings is 2. The van der Waals surface area contributed by atoms with Crippen molar-refractivity contribution >= 4 is 41.7 Å². The highest BCUT2D eigenvalue weighted by atomic mass is 35.5. The highest BCUT2D eigenvalue weighted by Gasteiger charge is 2.10. The lowest BCUT2D eigenvalue weighted by Crippen LogP contribution is -2.28. The van der Waals surface area contributed by atoms with E-state index in [0.717, 1.165) is 0 Å². The number of hydrogen-bond donors (Lipinski definition) is 4. The van der Waals surface area contributed by atoms with Crippen molar-refractivity contribution in [3.63, 3.8) is 0 Å². The number of halogens is 2. The summed E-state index contributed by atoms with van der Waals surface area (Å²) in [7, 11) is 0. The summed E-state index contributed by atoms with van der Waals surface area (Å²) in [6.45, 7) is 4.23. The summed E-state index contributed by atoms with van der Waals surface area (Å²) in [6, 6.07) is 5.27. The van der Waals surface area contributed by atoms with Crippen LogP contribution in [0.3, 0.4) is 0 Å². The second-order valence-electron chi connectivity index (χ2n) is 5.63. The van der Waals surface area contributed by atoms with Crippen LogP contribution in [-0.2, 0) is 0 Å². The Balaban J connectivity index is 1.95. The number of carbonyl (C=O) groups is 1. The van der Waals surface area contributed by atoms with Gasteiger partial charge in [0.2, 0.25) is 0 Å². The van der Waals surface area contributed by atoms with E-state index in [1.54, 1.807) is 13.8 Å². The molecule has 0 bridgehead atoms. The number of carbonyl (C=O) groups excluding carboxylic acids is 1. The summed E-state index contributed by atoms with van der Waals surface area (Å²) in [6.07, 6.45) is 2.65. The first-order valence-electron chi connectivity index (χ1n) is 8.78. The van der Waals surface area contributed by atoms with E-state index < -0.39 is 6.03 Å². The maximum absolute atomic E-state index is 11.8. The van der Waals surface area contributed by atoms with Crippen molar-refractivity contribution in [2.24, 2.45) is 10.2 Å². The normalized spacial score (nSPS) is 11.1. The maximum atomic E-state index is 11.8. The Kier molecular flexibility index (Phi) is 8.57. The lowest BCUT2D eigenvalue weighted by Gasteiger charge is -2.08. The summed E-state index contributed by atoms with van der Waals surface area (Å²) in [5.41, 5.74) is 5.46. The van der Waals surface area contributed by atoms with E-state index in [-0.39, 0.29) is 33.0 Å². The van der Waals surface area contributed by atoms with Gasteiger partial charge in [0.05, 0.1) is 35.7 Å². The molecule has 0 aromatic heterocycles. The van der Waals surface area contributed by atoms with E-state index in [9.17, 15) is 15.0 Å². The summed E-state index contributed by atoms with van der Waals surface area (Å²) in [5, 5.41) is 27.4. The minimum absolute atomic E-state index is 0.0930. The van der Waals surface area contributed by atoms with Gasteiger partial charge in [-0.3, -0.25) is 0 Å². The van der Waals surface area contributed by atoms with Crippen LogP contribution < -0.4 is 20.3 Å². The smallest absolute Gasteiger partial charge is 0.355 e. The molecule has 0 fully saturated rings. The SMILES string of the molecule is CCOc1cc(/C=N/NC(=O)N/N=C/c2cc(Cl)c(O)c(OCC)c2)cc(Cl)c1O. The Morgan fingerprint density at radius 3 is 1.67 bits per heavy atom. The Hall–Kier alpha value is -3.17. The number of nitrogens with zero attached hydrogens (tertiary/aromatic N) is 2. The number of phenolic OH excluding ortho intramolecular Hbond substituents is 2. The number of phenols is 2. The second-order valence-corrected chi connectivity index (χ2v) is 6.45. The van der Waals surface area contributed by atoms with Gasteiger partial charge < -0.3 is 19.7 Å². The van der Waals surface area contributed by atoms with Crippen LogP contribution in [0.4, 0.5) is 4.79 Å². The molecule has 2 rings (SSSR count). The molecule has 2 amide bonds. The number of amides is 2. The van der Waals surface area contributed by atoms with Crippen molar-refractivity contribution in [2.45, 2.75) is 13.8 Å². The Labute approximate surface area is 182 Å². The number of hydrazone groups is 2. The highest BCUT2D eigenvalue weighted by molar-refractivity contribution is 6.32. The molecule has 0 spiro atoms. The van der Waals surface area contributed by atoms with E-state index >= 15 is 0 Å². The molecule has 2 aromatic rings. The van der Waals surface area contributed by atoms with E-state index in [2.05, 4.69) is 21.1 Å². The van der Waals surface area contributed by atoms with Crippen LogP contribution in [0.25, 0.3) is 0 Å². The molecular formula is C19H20Cl2N4O5. The highest BCUT2D eigenvalue weighted by Crippen LogP contribution is 2.35. The first-order valence-corrected chi connectivity index (χ1v) is 9.54. The molecule has 0 aliphatic rings. The molecule has 0 aliphatic carbocycles. The Morgan fingerprint density at radius 2 is 1.30 bits per heavy atom. The zero-order valence-electron chi connectivity index (χ0n) is 16.1. The van der Waals surface area contributed by atoms with Gasteiger partial charge in [-0.2, -0.15) is 10.2 Å². The predicted molar refractivity (Wildman–Crippen MR) is 115 cm³/mol. The zero-order chi connectivity index (χ0) is 22.1. The van der Waals surface area contributed by atoms with Crippen molar-refractivity contribution in [1.82, 2.24) is 10.9 Å². The van der Waals surface area contributed by atoms with Crippen molar-refractivity contribution < 1.29 is 24.5 Å². The van der Waals surface area contributed by atoms with Crippen LogP contribution in [0.15, 0.2) is 34.5 Å². The number of rotatable bonds is 8. The van der Waals surface area contributed by atoms with Gasteiger partial charge in [-0.25, -0.2) is 15.6 Å². The quantitative estimate of drug-likeness (QED) is 0.355. The minimum Gasteiger partial charge on any atom is -0.503 e. The summed E-state index contributed by atoms with van der Waals surface area (Å²) in [4.78, 5) is 11.8. The average molecular weight is 455 g/mol. The first kappa shape index (κ1) is 23.1. The third kappa shape index (κ3) is 6.43. The Morgan fingerprint density at radius 1 is 0.900 bits per heavy atom. The van der Waals surface area contributed by atoms with Gasteiger partial charge >= 0.3 is 6.03 Å². The van der Waals surface area contributed by atoms with Gasteiger partial charge in [0.1, 0.15) is 0 Å². The Bertz CT molecular complexity index is 891. The molecule has 2 aromatic carbocycles. The largest absolute Gasteiger partial charge is 0.503 e. The van der Waals surface area contributed by atoms with Crippen LogP contribution in [-0.4, -0.2) is 41.9 Å². The molecule has 0 unspecified atom stereocenters. The van der Waals surface area contributed by atoms with Gasteiger partial charge in [-0.15, -0.1) is 0 Å². The van der Waals surface area contributed by atoms with E-state index in [4.69, 9.17) is 32.7 Å². The third-order valence-corrected chi connectivity index (χ3v) is 4.04. The lowest BCUT2D eigenvalue weighted by atomic mass is 10.2. The van der Waals surface area contributed by atoms with Gasteiger partial charge in [-0.05, 0) is 49.2 Å². The zero-order valence-corrected chi connectivity index (χ0v) is 17.7. The minimum atomic E-state index is -0.702. The van der Waals surface area contributed by atoms with Crippen LogP contribution >= 0.6 is 23.2 Å². The summed E-state index contributed by atoms with van der Waals surface area (Å²) in [5.74, 6) is 0.0778. The van der Waals surface area contributed by atoms with Gasteiger partial charge in [0.15, 0.2) is 23.0 Å². The monoisotopic (exact) mass is 454 g/mol. The number of urea groups is 1. The molecule has 30 heavy (non-hydrogen) atoms. The van der Waals surface area contributed by atoms with Crippen molar-refractivity contribution in [3.05, 3.63) is 45.4 Å². The van der Waals surface area contributed by atoms with Crippen LogP contribution in [0.2, 0.25) is 10.0 Å². The molecule has 160 valence electrons. The number of hydrogen-bond acceptors (Lipinski definition) is 7. The fraction of sp³-hybridized carbons (Fsp3) is 0.211. The predicted octanol–water partition coefficient (Wildman–Crippen LogP) is 3.87. The van der Waals surface area contributed by atoms with Crippen LogP contribution in [0, 0.1) is 0 Å². The molecule has 0 radical (unpaired) electrons. The molecule has 0 atom stereocenters. The molecule has 0 heterocycles. The molecule has 0 saturated carbocycles. The third-order valence-electron chi connectivity index (χ3n) is 3.46. The van der Waals surface area contributed by atoms with Gasteiger partial charge in [0.25, 0.3) is 0 Å². The molecular weight excluding hydrogens is 435 g/mol. The molecule has 0 aliphatic heterocycles. The van der Waals surface area contributed by atoms with E-state index in [0.29, 0.717) is 24.3 Å². The van der Waals surface area contributed by atoms with Crippen molar-refractivity contribution in [1.29, 1.82) is 0 Å². The number of nitrogens with one attached hydrogen (secondary N) is 2.